The van der Waals surface area contributed by atoms with Crippen molar-refractivity contribution in [1.82, 2.24) is 10.6 Å². The van der Waals surface area contributed by atoms with Gasteiger partial charge in [0.1, 0.15) is 6.61 Å². The number of carbonyl (C=O) groups excluding carboxylic acids is 2. The van der Waals surface area contributed by atoms with Gasteiger partial charge in [-0.1, -0.05) is 67.1 Å². The molecule has 0 spiro atoms. The number of aliphatic carboxylic acids is 1. The third-order valence-corrected chi connectivity index (χ3v) is 7.70. The third-order valence-electron chi connectivity index (χ3n) is 7.70. The predicted molar refractivity (Wildman–Crippen MR) is 131 cm³/mol. The number of carboxylic acids is 1. The summed E-state index contributed by atoms with van der Waals surface area (Å²) in [5.41, 5.74) is 3.97. The Morgan fingerprint density at radius 2 is 1.66 bits per heavy atom. The highest BCUT2D eigenvalue weighted by Gasteiger charge is 2.45. The molecule has 2 unspecified atom stereocenters. The van der Waals surface area contributed by atoms with Crippen LogP contribution in [0.4, 0.5) is 4.79 Å². The van der Waals surface area contributed by atoms with Crippen molar-refractivity contribution in [2.24, 2.45) is 11.3 Å². The Bertz CT molecular complexity index is 1120. The zero-order valence-electron chi connectivity index (χ0n) is 19.5. The van der Waals surface area contributed by atoms with Crippen LogP contribution in [0.5, 0.6) is 0 Å². The number of hydrogen-bond acceptors (Lipinski definition) is 4. The summed E-state index contributed by atoms with van der Waals surface area (Å²) in [6, 6.07) is 16.0. The minimum atomic E-state index is -0.844. The Hall–Kier alpha value is -3.61. The van der Waals surface area contributed by atoms with E-state index in [1.165, 1.54) is 11.1 Å². The van der Waals surface area contributed by atoms with Crippen LogP contribution in [0.25, 0.3) is 11.1 Å². The second kappa shape index (κ2) is 9.56. The van der Waals surface area contributed by atoms with Gasteiger partial charge in [-0.05, 0) is 47.9 Å². The molecule has 35 heavy (non-hydrogen) atoms. The average Bonchev–Trinajstić information content (AvgIpc) is 3.16. The van der Waals surface area contributed by atoms with Crippen LogP contribution in [0.3, 0.4) is 0 Å². The van der Waals surface area contributed by atoms with E-state index in [1.807, 2.05) is 36.4 Å². The fraction of sp³-hybridized carbons (Fsp3) is 0.393. The topological polar surface area (TPSA) is 105 Å². The maximum atomic E-state index is 13.1. The monoisotopic (exact) mass is 474 g/mol. The lowest BCUT2D eigenvalue weighted by Crippen LogP contribution is -2.54. The van der Waals surface area contributed by atoms with Crippen LogP contribution >= 0.6 is 0 Å². The van der Waals surface area contributed by atoms with E-state index >= 15 is 0 Å². The van der Waals surface area contributed by atoms with Gasteiger partial charge in [0.25, 0.3) is 0 Å². The maximum Gasteiger partial charge on any atom is 0.407 e. The van der Waals surface area contributed by atoms with Crippen LogP contribution < -0.4 is 10.6 Å². The zero-order valence-corrected chi connectivity index (χ0v) is 19.5. The number of alkyl carbamates (subject to hydrolysis) is 1. The Labute approximate surface area is 204 Å². The van der Waals surface area contributed by atoms with Crippen LogP contribution in [0.1, 0.15) is 49.1 Å². The molecule has 0 bridgehead atoms. The highest BCUT2D eigenvalue weighted by Crippen LogP contribution is 2.44. The number of amides is 2. The fourth-order valence-corrected chi connectivity index (χ4v) is 5.50. The Kier molecular flexibility index (Phi) is 6.32. The molecule has 0 aromatic heterocycles. The van der Waals surface area contributed by atoms with Crippen molar-refractivity contribution < 1.29 is 24.2 Å². The van der Waals surface area contributed by atoms with Gasteiger partial charge in [-0.25, -0.2) is 4.79 Å². The number of rotatable bonds is 7. The Balaban J connectivity index is 1.16. The van der Waals surface area contributed by atoms with Gasteiger partial charge in [0.15, 0.2) is 0 Å². The molecule has 1 fully saturated rings. The van der Waals surface area contributed by atoms with E-state index in [1.54, 1.807) is 0 Å². The Morgan fingerprint density at radius 1 is 1.00 bits per heavy atom. The van der Waals surface area contributed by atoms with Crippen LogP contribution in [-0.4, -0.2) is 42.3 Å². The minimum absolute atomic E-state index is 0.0191. The van der Waals surface area contributed by atoms with E-state index in [9.17, 15) is 19.5 Å². The number of fused-ring (bicyclic) bond motifs is 3. The molecule has 1 saturated carbocycles. The predicted octanol–water partition coefficient (Wildman–Crippen LogP) is 4.23. The maximum absolute atomic E-state index is 13.1. The molecule has 182 valence electrons. The van der Waals surface area contributed by atoms with Crippen molar-refractivity contribution in [2.45, 2.75) is 44.1 Å². The largest absolute Gasteiger partial charge is 0.481 e. The van der Waals surface area contributed by atoms with Crippen molar-refractivity contribution in [3.05, 3.63) is 71.8 Å². The van der Waals surface area contributed by atoms with Crippen molar-refractivity contribution in [3.8, 4) is 11.1 Å². The number of nitrogens with one attached hydrogen (secondary N) is 2. The number of hydrogen-bond donors (Lipinski definition) is 3. The standard InChI is InChI=1S/C28H30N2O5/c31-25(32)18-7-5-8-19(15-18)30-26(33)28(13-6-14-28)17-29-27(34)35-16-24-22-11-3-1-9-20(22)21-10-2-4-12-23(21)24/h1-5,8-12,18-19,24H,6-7,13-17H2,(H,29,34)(H,30,33)(H,31,32). The van der Waals surface area contributed by atoms with E-state index in [-0.39, 0.29) is 31.0 Å². The lowest BCUT2D eigenvalue weighted by Gasteiger charge is -2.41. The SMILES string of the molecule is O=C(NCC1(C(=O)NC2C=CCC(C(=O)O)C2)CCC1)OCC1c2ccccc2-c2ccccc21. The number of carboxylic acid groups (broad SMARTS) is 1. The molecule has 2 aromatic carbocycles. The first-order valence-electron chi connectivity index (χ1n) is 12.3. The molecule has 2 amide bonds. The summed E-state index contributed by atoms with van der Waals surface area (Å²) < 4.78 is 5.62. The lowest BCUT2D eigenvalue weighted by molar-refractivity contribution is -0.143. The van der Waals surface area contributed by atoms with Crippen LogP contribution in [-0.2, 0) is 14.3 Å². The van der Waals surface area contributed by atoms with Gasteiger partial charge >= 0.3 is 12.1 Å². The molecule has 3 aliphatic rings. The first kappa shape index (κ1) is 23.1. The number of ether oxygens (including phenoxy) is 1. The van der Waals surface area contributed by atoms with Crippen molar-refractivity contribution >= 4 is 18.0 Å². The summed E-state index contributed by atoms with van der Waals surface area (Å²) in [7, 11) is 0. The number of allylic oxidation sites excluding steroid dienone is 1. The summed E-state index contributed by atoms with van der Waals surface area (Å²) in [6.45, 7) is 0.427. The molecule has 0 saturated heterocycles. The summed E-state index contributed by atoms with van der Waals surface area (Å²) >= 11 is 0. The van der Waals surface area contributed by atoms with Crippen LogP contribution in [0.15, 0.2) is 60.7 Å². The third kappa shape index (κ3) is 4.55. The molecule has 3 N–H and O–H groups in total. The van der Waals surface area contributed by atoms with Gasteiger partial charge in [0.2, 0.25) is 5.91 Å². The normalized spacial score (nSPS) is 21.8. The lowest BCUT2D eigenvalue weighted by atomic mass is 9.67. The van der Waals surface area contributed by atoms with E-state index in [0.29, 0.717) is 25.7 Å². The average molecular weight is 475 g/mol. The molecular formula is C28H30N2O5. The molecular weight excluding hydrogens is 444 g/mol. The highest BCUT2D eigenvalue weighted by atomic mass is 16.5. The van der Waals surface area contributed by atoms with E-state index in [0.717, 1.165) is 17.5 Å². The van der Waals surface area contributed by atoms with Gasteiger partial charge in [0.05, 0.1) is 11.3 Å². The first-order valence-corrected chi connectivity index (χ1v) is 12.3. The van der Waals surface area contributed by atoms with Gasteiger partial charge < -0.3 is 20.5 Å². The summed E-state index contributed by atoms with van der Waals surface area (Å²) in [5.74, 6) is -1.48. The summed E-state index contributed by atoms with van der Waals surface area (Å²) in [5, 5.41) is 15.1. The summed E-state index contributed by atoms with van der Waals surface area (Å²) in [4.78, 5) is 37.0. The second-order valence-corrected chi connectivity index (χ2v) is 9.83. The first-order chi connectivity index (χ1) is 17.0. The second-order valence-electron chi connectivity index (χ2n) is 9.83. The van der Waals surface area contributed by atoms with Crippen molar-refractivity contribution in [1.29, 1.82) is 0 Å². The molecule has 0 radical (unpaired) electrons. The molecule has 5 rings (SSSR count). The molecule has 0 heterocycles. The van der Waals surface area contributed by atoms with E-state index < -0.39 is 23.4 Å². The molecule has 7 heteroatoms. The zero-order chi connectivity index (χ0) is 24.4. The van der Waals surface area contributed by atoms with Crippen LogP contribution in [0.2, 0.25) is 0 Å². The highest BCUT2D eigenvalue weighted by molar-refractivity contribution is 5.85. The fourth-order valence-electron chi connectivity index (χ4n) is 5.50. The summed E-state index contributed by atoms with van der Waals surface area (Å²) in [6.07, 6.45) is 6.29. The molecule has 2 atom stereocenters. The molecule has 7 nitrogen and oxygen atoms in total. The van der Waals surface area contributed by atoms with Gasteiger partial charge in [0, 0.05) is 18.5 Å². The molecule has 3 aliphatic carbocycles. The van der Waals surface area contributed by atoms with E-state index in [4.69, 9.17) is 4.74 Å². The van der Waals surface area contributed by atoms with Crippen molar-refractivity contribution in [2.75, 3.05) is 13.2 Å². The smallest absolute Gasteiger partial charge is 0.407 e. The quantitative estimate of drug-likeness (QED) is 0.521. The van der Waals surface area contributed by atoms with E-state index in [2.05, 4.69) is 34.9 Å². The Morgan fingerprint density at radius 3 is 2.26 bits per heavy atom. The minimum Gasteiger partial charge on any atom is -0.481 e. The van der Waals surface area contributed by atoms with Gasteiger partial charge in [-0.15, -0.1) is 0 Å². The van der Waals surface area contributed by atoms with Gasteiger partial charge in [-0.2, -0.15) is 0 Å². The van der Waals surface area contributed by atoms with Gasteiger partial charge in [-0.3, -0.25) is 9.59 Å². The number of carbonyl (C=O) groups is 3. The number of benzene rings is 2. The molecule has 2 aromatic rings. The van der Waals surface area contributed by atoms with Crippen molar-refractivity contribution in [3.63, 3.8) is 0 Å². The molecule has 0 aliphatic heterocycles. The van der Waals surface area contributed by atoms with Crippen LogP contribution in [0, 0.1) is 11.3 Å².